The summed E-state index contributed by atoms with van der Waals surface area (Å²) in [6, 6.07) is 3.56. The number of piperidine rings is 1. The van der Waals surface area contributed by atoms with Crippen LogP contribution >= 0.6 is 11.3 Å². The molecule has 124 valence electrons. The third-order valence-corrected chi connectivity index (χ3v) is 4.85. The van der Waals surface area contributed by atoms with E-state index in [2.05, 4.69) is 15.3 Å². The summed E-state index contributed by atoms with van der Waals surface area (Å²) in [7, 11) is 0. The Kier molecular flexibility index (Phi) is 4.12. The van der Waals surface area contributed by atoms with Crippen LogP contribution in [0.2, 0.25) is 0 Å². The predicted molar refractivity (Wildman–Crippen MR) is 86.4 cm³/mol. The van der Waals surface area contributed by atoms with Crippen molar-refractivity contribution in [1.82, 2.24) is 20.2 Å². The average Bonchev–Trinajstić information content (AvgIpc) is 3.35. The molecule has 8 heteroatoms. The van der Waals surface area contributed by atoms with Crippen LogP contribution in [0.3, 0.4) is 0 Å². The second-order valence-electron chi connectivity index (χ2n) is 5.86. The Labute approximate surface area is 142 Å². The molecular formula is C16H16N4O3S. The molecule has 24 heavy (non-hydrogen) atoms. The van der Waals surface area contributed by atoms with Gasteiger partial charge in [-0.1, -0.05) is 10.3 Å². The maximum Gasteiger partial charge on any atom is 0.292 e. The van der Waals surface area contributed by atoms with Crippen LogP contribution in [0.4, 0.5) is 0 Å². The van der Waals surface area contributed by atoms with Gasteiger partial charge >= 0.3 is 0 Å². The quantitative estimate of drug-likeness (QED) is 0.723. The van der Waals surface area contributed by atoms with E-state index < -0.39 is 0 Å². The number of hydrogen-bond acceptors (Lipinski definition) is 7. The smallest absolute Gasteiger partial charge is 0.292 e. The van der Waals surface area contributed by atoms with Crippen molar-refractivity contribution in [3.8, 4) is 11.4 Å². The number of likely N-dealkylation sites (tertiary alicyclic amines) is 1. The van der Waals surface area contributed by atoms with Crippen LogP contribution in [0, 0.1) is 5.92 Å². The number of aromatic nitrogens is 3. The molecule has 1 aliphatic rings. The van der Waals surface area contributed by atoms with E-state index in [4.69, 9.17) is 9.05 Å². The number of amides is 1. The minimum Gasteiger partial charge on any atom is -0.351 e. The van der Waals surface area contributed by atoms with E-state index in [0.29, 0.717) is 30.6 Å². The van der Waals surface area contributed by atoms with Gasteiger partial charge in [0, 0.05) is 36.5 Å². The lowest BCUT2D eigenvalue weighted by Crippen LogP contribution is -2.40. The zero-order valence-electron chi connectivity index (χ0n) is 12.9. The fourth-order valence-electron chi connectivity index (χ4n) is 2.99. The fraction of sp³-hybridized carbons (Fsp3) is 0.375. The zero-order chi connectivity index (χ0) is 16.4. The Morgan fingerprint density at radius 1 is 1.38 bits per heavy atom. The summed E-state index contributed by atoms with van der Waals surface area (Å²) in [6.07, 6.45) is 4.16. The SMILES string of the molecule is O=C(c1ccno1)N1CCC[C@H](Cc2nc(-c3ccsc3)no2)C1. The maximum atomic E-state index is 12.4. The Bertz CT molecular complexity index is 797. The topological polar surface area (TPSA) is 85.3 Å². The Morgan fingerprint density at radius 3 is 3.12 bits per heavy atom. The number of rotatable bonds is 4. The van der Waals surface area contributed by atoms with E-state index in [1.165, 1.54) is 6.20 Å². The van der Waals surface area contributed by atoms with Gasteiger partial charge in [-0.2, -0.15) is 16.3 Å². The molecule has 0 saturated carbocycles. The fourth-order valence-corrected chi connectivity index (χ4v) is 3.63. The van der Waals surface area contributed by atoms with Crippen molar-refractivity contribution in [1.29, 1.82) is 0 Å². The normalized spacial score (nSPS) is 18.0. The van der Waals surface area contributed by atoms with Gasteiger partial charge in [0.2, 0.25) is 17.5 Å². The predicted octanol–water partition coefficient (Wildman–Crippen LogP) is 2.88. The third-order valence-electron chi connectivity index (χ3n) is 4.17. The van der Waals surface area contributed by atoms with E-state index in [9.17, 15) is 4.79 Å². The largest absolute Gasteiger partial charge is 0.351 e. The van der Waals surface area contributed by atoms with E-state index in [1.54, 1.807) is 17.4 Å². The molecule has 0 spiro atoms. The number of carbonyl (C=O) groups excluding carboxylic acids is 1. The molecule has 1 fully saturated rings. The van der Waals surface area contributed by atoms with Crippen LogP contribution in [0.25, 0.3) is 11.4 Å². The van der Waals surface area contributed by atoms with Crippen LogP contribution in [-0.4, -0.2) is 39.2 Å². The van der Waals surface area contributed by atoms with Gasteiger partial charge in [0.25, 0.3) is 5.91 Å². The molecule has 0 unspecified atom stereocenters. The minimum absolute atomic E-state index is 0.110. The average molecular weight is 344 g/mol. The highest BCUT2D eigenvalue weighted by Gasteiger charge is 2.27. The molecule has 4 heterocycles. The molecule has 0 N–H and O–H groups in total. The van der Waals surface area contributed by atoms with Gasteiger partial charge in [-0.25, -0.2) is 0 Å². The van der Waals surface area contributed by atoms with Gasteiger partial charge in [0.15, 0.2) is 0 Å². The van der Waals surface area contributed by atoms with Gasteiger partial charge in [0.1, 0.15) is 0 Å². The van der Waals surface area contributed by atoms with Gasteiger partial charge in [0.05, 0.1) is 6.20 Å². The van der Waals surface area contributed by atoms with Gasteiger partial charge in [-0.05, 0) is 30.2 Å². The molecule has 0 aromatic carbocycles. The molecule has 3 aromatic heterocycles. The Balaban J connectivity index is 1.41. The van der Waals surface area contributed by atoms with Gasteiger partial charge in [-0.15, -0.1) is 0 Å². The Hall–Kier alpha value is -2.48. The maximum absolute atomic E-state index is 12.4. The molecular weight excluding hydrogens is 328 g/mol. The first-order valence-corrected chi connectivity index (χ1v) is 8.79. The van der Waals surface area contributed by atoms with E-state index in [1.807, 2.05) is 21.7 Å². The zero-order valence-corrected chi connectivity index (χ0v) is 13.7. The lowest BCUT2D eigenvalue weighted by Gasteiger charge is -2.31. The molecule has 4 rings (SSSR count). The van der Waals surface area contributed by atoms with Crippen molar-refractivity contribution in [3.63, 3.8) is 0 Å². The van der Waals surface area contributed by atoms with Crippen molar-refractivity contribution in [2.45, 2.75) is 19.3 Å². The first kappa shape index (κ1) is 15.1. The molecule has 0 bridgehead atoms. The lowest BCUT2D eigenvalue weighted by atomic mass is 9.94. The van der Waals surface area contributed by atoms with E-state index in [-0.39, 0.29) is 11.7 Å². The summed E-state index contributed by atoms with van der Waals surface area (Å²) in [5.74, 6) is 1.73. The summed E-state index contributed by atoms with van der Waals surface area (Å²) in [6.45, 7) is 1.40. The molecule has 1 amide bonds. The lowest BCUT2D eigenvalue weighted by molar-refractivity contribution is 0.0626. The minimum atomic E-state index is -0.110. The number of carbonyl (C=O) groups is 1. The first-order valence-electron chi connectivity index (χ1n) is 7.84. The van der Waals surface area contributed by atoms with Crippen LogP contribution in [0.15, 0.2) is 38.1 Å². The molecule has 3 aromatic rings. The standard InChI is InChI=1S/C16H16N4O3S/c21-16(13-3-5-17-22-13)20-6-1-2-11(9-20)8-14-18-15(19-23-14)12-4-7-24-10-12/h3-5,7,10-11H,1-2,6,8-9H2/t11-/m1/s1. The summed E-state index contributed by atoms with van der Waals surface area (Å²) in [4.78, 5) is 18.6. The Morgan fingerprint density at radius 2 is 2.33 bits per heavy atom. The molecule has 0 radical (unpaired) electrons. The highest BCUT2D eigenvalue weighted by molar-refractivity contribution is 7.08. The molecule has 7 nitrogen and oxygen atoms in total. The number of hydrogen-bond donors (Lipinski definition) is 0. The van der Waals surface area contributed by atoms with Crippen molar-refractivity contribution < 1.29 is 13.8 Å². The number of nitrogens with zero attached hydrogens (tertiary/aromatic N) is 4. The van der Waals surface area contributed by atoms with Crippen LogP contribution in [-0.2, 0) is 6.42 Å². The van der Waals surface area contributed by atoms with Crippen LogP contribution in [0.1, 0.15) is 29.3 Å². The second kappa shape index (κ2) is 6.56. The van der Waals surface area contributed by atoms with E-state index in [0.717, 1.165) is 24.9 Å². The van der Waals surface area contributed by atoms with Crippen LogP contribution in [0.5, 0.6) is 0 Å². The summed E-state index contributed by atoms with van der Waals surface area (Å²) >= 11 is 1.60. The van der Waals surface area contributed by atoms with E-state index >= 15 is 0 Å². The molecule has 0 aliphatic carbocycles. The first-order chi connectivity index (χ1) is 11.8. The van der Waals surface area contributed by atoms with Crippen LogP contribution < -0.4 is 0 Å². The summed E-state index contributed by atoms with van der Waals surface area (Å²) < 4.78 is 10.3. The number of thiophene rings is 1. The van der Waals surface area contributed by atoms with Gasteiger partial charge < -0.3 is 13.9 Å². The third kappa shape index (κ3) is 3.09. The molecule has 1 aliphatic heterocycles. The summed E-state index contributed by atoms with van der Waals surface area (Å²) in [5, 5.41) is 11.6. The molecule has 1 atom stereocenters. The van der Waals surface area contributed by atoms with Crippen molar-refractivity contribution in [2.75, 3.05) is 13.1 Å². The highest BCUT2D eigenvalue weighted by Crippen LogP contribution is 2.24. The van der Waals surface area contributed by atoms with Crippen molar-refractivity contribution >= 4 is 17.2 Å². The van der Waals surface area contributed by atoms with Crippen molar-refractivity contribution in [3.05, 3.63) is 40.7 Å². The molecule has 1 saturated heterocycles. The summed E-state index contributed by atoms with van der Waals surface area (Å²) in [5.41, 5.74) is 0.973. The second-order valence-corrected chi connectivity index (χ2v) is 6.64. The highest BCUT2D eigenvalue weighted by atomic mass is 32.1. The van der Waals surface area contributed by atoms with Crippen molar-refractivity contribution in [2.24, 2.45) is 5.92 Å². The monoisotopic (exact) mass is 344 g/mol. The van der Waals surface area contributed by atoms with Gasteiger partial charge in [-0.3, -0.25) is 4.79 Å².